The lowest BCUT2D eigenvalue weighted by atomic mass is 10.2. The molecule has 2 amide bonds. The number of nitrogens with zero attached hydrogens (tertiary/aromatic N) is 1. The first-order chi connectivity index (χ1) is 13.5. The summed E-state index contributed by atoms with van der Waals surface area (Å²) in [5.41, 5.74) is 1.59. The highest BCUT2D eigenvalue weighted by molar-refractivity contribution is 9.10. The number of hydrogen-bond acceptors (Lipinski definition) is 4. The van der Waals surface area contributed by atoms with Gasteiger partial charge < -0.3 is 4.42 Å². The molecule has 0 N–H and O–H groups in total. The van der Waals surface area contributed by atoms with Crippen molar-refractivity contribution in [2.45, 2.75) is 6.54 Å². The highest BCUT2D eigenvalue weighted by Gasteiger charge is 2.35. The van der Waals surface area contributed by atoms with Crippen LogP contribution in [0.4, 0.5) is 9.18 Å². The first-order valence-electron chi connectivity index (χ1n) is 8.35. The first-order valence-corrected chi connectivity index (χ1v) is 9.96. The molecule has 0 atom stereocenters. The molecule has 0 radical (unpaired) electrons. The van der Waals surface area contributed by atoms with E-state index in [0.29, 0.717) is 16.4 Å². The fraction of sp³-hybridized carbons (Fsp3) is 0.0476. The summed E-state index contributed by atoms with van der Waals surface area (Å²) >= 11 is 4.25. The van der Waals surface area contributed by atoms with Crippen LogP contribution in [0.5, 0.6) is 0 Å². The van der Waals surface area contributed by atoms with E-state index in [1.807, 2.05) is 24.3 Å². The van der Waals surface area contributed by atoms with Gasteiger partial charge in [-0.2, -0.15) is 0 Å². The Labute approximate surface area is 173 Å². The fourth-order valence-electron chi connectivity index (χ4n) is 2.74. The van der Waals surface area contributed by atoms with Crippen molar-refractivity contribution in [3.05, 3.63) is 87.2 Å². The van der Waals surface area contributed by atoms with Crippen LogP contribution in [-0.4, -0.2) is 16.0 Å². The van der Waals surface area contributed by atoms with Gasteiger partial charge in [0.1, 0.15) is 17.3 Å². The summed E-state index contributed by atoms with van der Waals surface area (Å²) in [6.07, 6.45) is 1.56. The first kappa shape index (κ1) is 18.7. The van der Waals surface area contributed by atoms with Crippen molar-refractivity contribution in [1.29, 1.82) is 0 Å². The van der Waals surface area contributed by atoms with Gasteiger partial charge in [-0.15, -0.1) is 0 Å². The van der Waals surface area contributed by atoms with Crippen LogP contribution in [0.3, 0.4) is 0 Å². The number of carbonyl (C=O) groups is 2. The summed E-state index contributed by atoms with van der Waals surface area (Å²) in [6.45, 7) is 0.217. The summed E-state index contributed by atoms with van der Waals surface area (Å²) in [5, 5.41) is -0.315. The molecule has 7 heteroatoms. The molecule has 2 aromatic carbocycles. The second-order valence-corrected chi connectivity index (χ2v) is 8.01. The Hall–Kier alpha value is -2.64. The molecule has 0 bridgehead atoms. The number of carbonyl (C=O) groups excluding carboxylic acids is 2. The number of halogens is 2. The molecule has 2 heterocycles. The molecule has 0 aliphatic carbocycles. The molecule has 1 aliphatic heterocycles. The van der Waals surface area contributed by atoms with E-state index in [-0.39, 0.29) is 23.5 Å². The Morgan fingerprint density at radius 1 is 1.00 bits per heavy atom. The van der Waals surface area contributed by atoms with Gasteiger partial charge in [0, 0.05) is 16.1 Å². The van der Waals surface area contributed by atoms with E-state index in [4.69, 9.17) is 4.42 Å². The van der Waals surface area contributed by atoms with E-state index < -0.39 is 0 Å². The fourth-order valence-corrected chi connectivity index (χ4v) is 3.82. The molecule has 0 unspecified atom stereocenters. The second-order valence-electron chi connectivity index (χ2n) is 6.10. The molecule has 1 aliphatic rings. The molecule has 1 aromatic heterocycles. The quantitative estimate of drug-likeness (QED) is 0.445. The smallest absolute Gasteiger partial charge is 0.293 e. The predicted molar refractivity (Wildman–Crippen MR) is 110 cm³/mol. The van der Waals surface area contributed by atoms with E-state index in [9.17, 15) is 14.0 Å². The molecule has 3 aromatic rings. The summed E-state index contributed by atoms with van der Waals surface area (Å²) in [7, 11) is 0. The van der Waals surface area contributed by atoms with Gasteiger partial charge in [0.05, 0.1) is 11.4 Å². The van der Waals surface area contributed by atoms with Crippen molar-refractivity contribution in [3.63, 3.8) is 0 Å². The Balaban J connectivity index is 1.52. The van der Waals surface area contributed by atoms with Gasteiger partial charge in [0.25, 0.3) is 11.1 Å². The third-order valence-electron chi connectivity index (χ3n) is 4.16. The number of thioether (sulfide) groups is 1. The molecule has 4 rings (SSSR count). The van der Waals surface area contributed by atoms with E-state index in [0.717, 1.165) is 27.4 Å². The van der Waals surface area contributed by atoms with Gasteiger partial charge in [0.15, 0.2) is 0 Å². The van der Waals surface area contributed by atoms with Crippen molar-refractivity contribution < 1.29 is 18.4 Å². The summed E-state index contributed by atoms with van der Waals surface area (Å²) in [4.78, 5) is 26.4. The monoisotopic (exact) mass is 457 g/mol. The maximum Gasteiger partial charge on any atom is 0.293 e. The van der Waals surface area contributed by atoms with E-state index >= 15 is 0 Å². The van der Waals surface area contributed by atoms with Crippen LogP contribution >= 0.6 is 27.7 Å². The lowest BCUT2D eigenvalue weighted by Gasteiger charge is -2.12. The molecule has 1 saturated heterocycles. The molecule has 28 heavy (non-hydrogen) atoms. The van der Waals surface area contributed by atoms with Gasteiger partial charge in [-0.25, -0.2) is 4.39 Å². The third kappa shape index (κ3) is 3.95. The third-order valence-corrected chi connectivity index (χ3v) is 5.59. The number of benzene rings is 2. The zero-order chi connectivity index (χ0) is 19.7. The van der Waals surface area contributed by atoms with Crippen molar-refractivity contribution in [2.75, 3.05) is 0 Å². The summed E-state index contributed by atoms with van der Waals surface area (Å²) in [6, 6.07) is 16.8. The normalized spacial score (nSPS) is 15.6. The van der Waals surface area contributed by atoms with Crippen LogP contribution in [0.2, 0.25) is 0 Å². The lowest BCUT2D eigenvalue weighted by Crippen LogP contribution is -2.27. The Morgan fingerprint density at radius 3 is 2.43 bits per heavy atom. The Morgan fingerprint density at radius 2 is 1.71 bits per heavy atom. The van der Waals surface area contributed by atoms with Crippen molar-refractivity contribution >= 4 is 44.9 Å². The Kier molecular flexibility index (Phi) is 5.19. The number of amides is 2. The van der Waals surface area contributed by atoms with E-state index in [1.165, 1.54) is 17.0 Å². The Bertz CT molecular complexity index is 1070. The van der Waals surface area contributed by atoms with Crippen LogP contribution in [0, 0.1) is 5.82 Å². The average Bonchev–Trinajstić information content (AvgIpc) is 3.24. The maximum atomic E-state index is 13.1. The van der Waals surface area contributed by atoms with Gasteiger partial charge >= 0.3 is 0 Å². The van der Waals surface area contributed by atoms with Crippen LogP contribution in [-0.2, 0) is 11.3 Å². The summed E-state index contributed by atoms with van der Waals surface area (Å²) < 4.78 is 19.7. The molecule has 0 saturated carbocycles. The minimum atomic E-state index is -0.349. The molecule has 1 fully saturated rings. The minimum absolute atomic E-state index is 0.217. The SMILES string of the molecule is O=C1S/C(=C\c2ccc(-c3ccc(F)cc3)o2)C(=O)N1Cc1ccc(Br)cc1. The molecule has 4 nitrogen and oxygen atoms in total. The number of hydrogen-bond donors (Lipinski definition) is 0. The maximum absolute atomic E-state index is 13.1. The highest BCUT2D eigenvalue weighted by Crippen LogP contribution is 2.34. The van der Waals surface area contributed by atoms with Crippen LogP contribution in [0.25, 0.3) is 17.4 Å². The second kappa shape index (κ2) is 7.77. The minimum Gasteiger partial charge on any atom is -0.457 e. The standard InChI is InChI=1S/C21H13BrFNO3S/c22-15-5-1-13(2-6-15)12-24-20(25)19(28-21(24)26)11-17-9-10-18(27-17)14-3-7-16(23)8-4-14/h1-11H,12H2/b19-11-. The van der Waals surface area contributed by atoms with Crippen molar-refractivity contribution in [1.82, 2.24) is 4.90 Å². The van der Waals surface area contributed by atoms with Crippen molar-refractivity contribution in [3.8, 4) is 11.3 Å². The molecular weight excluding hydrogens is 445 g/mol. The number of rotatable bonds is 4. The van der Waals surface area contributed by atoms with Gasteiger partial charge in [0.2, 0.25) is 0 Å². The zero-order valence-electron chi connectivity index (χ0n) is 14.4. The van der Waals surface area contributed by atoms with E-state index in [1.54, 1.807) is 30.3 Å². The van der Waals surface area contributed by atoms with Crippen molar-refractivity contribution in [2.24, 2.45) is 0 Å². The highest BCUT2D eigenvalue weighted by atomic mass is 79.9. The lowest BCUT2D eigenvalue weighted by molar-refractivity contribution is -0.123. The van der Waals surface area contributed by atoms with E-state index in [2.05, 4.69) is 15.9 Å². The largest absolute Gasteiger partial charge is 0.457 e. The van der Waals surface area contributed by atoms with Gasteiger partial charge in [-0.3, -0.25) is 14.5 Å². The molecule has 0 spiro atoms. The number of imide groups is 1. The van der Waals surface area contributed by atoms with Crippen LogP contribution in [0.15, 0.2) is 74.5 Å². The van der Waals surface area contributed by atoms with Gasteiger partial charge in [-0.1, -0.05) is 28.1 Å². The summed E-state index contributed by atoms with van der Waals surface area (Å²) in [5.74, 6) is 0.335. The predicted octanol–water partition coefficient (Wildman–Crippen LogP) is 6.08. The average molecular weight is 458 g/mol. The van der Waals surface area contributed by atoms with Crippen LogP contribution < -0.4 is 0 Å². The zero-order valence-corrected chi connectivity index (χ0v) is 16.8. The topological polar surface area (TPSA) is 50.5 Å². The molecular formula is C21H13BrFNO3S. The number of furan rings is 1. The van der Waals surface area contributed by atoms with Crippen LogP contribution in [0.1, 0.15) is 11.3 Å². The van der Waals surface area contributed by atoms with Gasteiger partial charge in [-0.05, 0) is 65.9 Å². The molecule has 140 valence electrons.